The van der Waals surface area contributed by atoms with Crippen molar-refractivity contribution < 1.29 is 14.4 Å². The Morgan fingerprint density at radius 1 is 0.800 bits per heavy atom. The van der Waals surface area contributed by atoms with Gasteiger partial charge in [-0.1, -0.05) is 96.9 Å². The van der Waals surface area contributed by atoms with Crippen LogP contribution in [0.4, 0.5) is 11.4 Å². The van der Waals surface area contributed by atoms with Crippen LogP contribution < -0.4 is 16.0 Å². The SMILES string of the molecule is CCC(Sc1cccc(NC(=O)/C(=C\c2cccc3ccccc23)NC(=O)c2ccccc2)c1)C(=O)Nc1cc(Cl)ccc1Cl. The molecule has 0 heterocycles. The summed E-state index contributed by atoms with van der Waals surface area (Å²) in [6.07, 6.45) is 2.23. The molecule has 0 saturated heterocycles. The highest BCUT2D eigenvalue weighted by molar-refractivity contribution is 8.00. The van der Waals surface area contributed by atoms with Crippen molar-refractivity contribution >= 4 is 80.9 Å². The fraction of sp³-hybridized carbons (Fsp3) is 0.0833. The molecular weight excluding hydrogens is 625 g/mol. The van der Waals surface area contributed by atoms with E-state index in [2.05, 4.69) is 16.0 Å². The molecule has 0 aliphatic rings. The fourth-order valence-corrected chi connectivity index (χ4v) is 5.96. The van der Waals surface area contributed by atoms with Gasteiger partial charge < -0.3 is 16.0 Å². The van der Waals surface area contributed by atoms with Crippen LogP contribution >= 0.6 is 35.0 Å². The van der Waals surface area contributed by atoms with E-state index < -0.39 is 17.1 Å². The molecule has 1 atom stereocenters. The highest BCUT2D eigenvalue weighted by Crippen LogP contribution is 2.31. The summed E-state index contributed by atoms with van der Waals surface area (Å²) in [5, 5.41) is 11.0. The van der Waals surface area contributed by atoms with Gasteiger partial charge in [0.2, 0.25) is 5.91 Å². The van der Waals surface area contributed by atoms with Crippen molar-refractivity contribution in [2.45, 2.75) is 23.5 Å². The third-order valence-electron chi connectivity index (χ3n) is 6.87. The summed E-state index contributed by atoms with van der Waals surface area (Å²) in [6, 6.07) is 34.5. The van der Waals surface area contributed by atoms with Crippen LogP contribution in [0, 0.1) is 0 Å². The Hall–Kier alpha value is -4.56. The molecular formula is C36H29Cl2N3O3S. The summed E-state index contributed by atoms with van der Waals surface area (Å²) in [6.45, 7) is 1.92. The summed E-state index contributed by atoms with van der Waals surface area (Å²) in [4.78, 5) is 40.7. The molecule has 0 aliphatic carbocycles. The van der Waals surface area contributed by atoms with Crippen LogP contribution in [0.15, 0.2) is 126 Å². The first-order valence-electron chi connectivity index (χ1n) is 14.2. The maximum atomic E-state index is 13.7. The van der Waals surface area contributed by atoms with Crippen molar-refractivity contribution in [1.82, 2.24) is 5.32 Å². The molecule has 9 heteroatoms. The number of nitrogens with one attached hydrogen (secondary N) is 3. The first-order chi connectivity index (χ1) is 21.8. The van der Waals surface area contributed by atoms with Crippen LogP contribution in [0.1, 0.15) is 29.3 Å². The van der Waals surface area contributed by atoms with Crippen LogP contribution in [0.25, 0.3) is 16.8 Å². The van der Waals surface area contributed by atoms with E-state index in [4.69, 9.17) is 23.2 Å². The molecule has 0 aromatic heterocycles. The molecule has 5 aromatic carbocycles. The van der Waals surface area contributed by atoms with Crippen molar-refractivity contribution in [3.8, 4) is 0 Å². The normalized spacial score (nSPS) is 11.9. The number of hydrogen-bond acceptors (Lipinski definition) is 4. The Labute approximate surface area is 275 Å². The molecule has 5 rings (SSSR count). The van der Waals surface area contributed by atoms with Crippen molar-refractivity contribution in [1.29, 1.82) is 0 Å². The topological polar surface area (TPSA) is 87.3 Å². The van der Waals surface area contributed by atoms with Gasteiger partial charge in [-0.15, -0.1) is 11.8 Å². The predicted molar refractivity (Wildman–Crippen MR) is 186 cm³/mol. The number of carbonyl (C=O) groups excluding carboxylic acids is 3. The number of fused-ring (bicyclic) bond motifs is 1. The number of anilines is 2. The van der Waals surface area contributed by atoms with Gasteiger partial charge in [-0.05, 0) is 77.4 Å². The van der Waals surface area contributed by atoms with Gasteiger partial charge in [0.05, 0.1) is 16.0 Å². The second-order valence-corrected chi connectivity index (χ2v) is 12.2. The lowest BCUT2D eigenvalue weighted by molar-refractivity contribution is -0.116. The minimum absolute atomic E-state index is 0.0856. The average Bonchev–Trinajstić information content (AvgIpc) is 3.05. The molecule has 3 N–H and O–H groups in total. The monoisotopic (exact) mass is 653 g/mol. The van der Waals surface area contributed by atoms with E-state index in [0.29, 0.717) is 33.4 Å². The largest absolute Gasteiger partial charge is 0.324 e. The Bertz CT molecular complexity index is 1890. The van der Waals surface area contributed by atoms with Gasteiger partial charge in [-0.25, -0.2) is 0 Å². The second-order valence-electron chi connectivity index (χ2n) is 10.1. The zero-order chi connectivity index (χ0) is 31.8. The van der Waals surface area contributed by atoms with Gasteiger partial charge in [0.15, 0.2) is 0 Å². The summed E-state index contributed by atoms with van der Waals surface area (Å²) in [7, 11) is 0. The molecule has 3 amide bonds. The van der Waals surface area contributed by atoms with E-state index in [0.717, 1.165) is 21.2 Å². The van der Waals surface area contributed by atoms with Crippen LogP contribution in [0.5, 0.6) is 0 Å². The molecule has 226 valence electrons. The molecule has 0 saturated carbocycles. The lowest BCUT2D eigenvalue weighted by Gasteiger charge is -2.16. The smallest absolute Gasteiger partial charge is 0.272 e. The minimum atomic E-state index is -0.491. The van der Waals surface area contributed by atoms with Crippen LogP contribution in [-0.4, -0.2) is 23.0 Å². The van der Waals surface area contributed by atoms with Gasteiger partial charge in [0.25, 0.3) is 11.8 Å². The molecule has 1 unspecified atom stereocenters. The van der Waals surface area contributed by atoms with Gasteiger partial charge in [-0.3, -0.25) is 14.4 Å². The number of amides is 3. The quantitative estimate of drug-likeness (QED) is 0.104. The number of hydrogen-bond donors (Lipinski definition) is 3. The van der Waals surface area contributed by atoms with Gasteiger partial charge in [-0.2, -0.15) is 0 Å². The molecule has 0 bridgehead atoms. The summed E-state index contributed by atoms with van der Waals surface area (Å²) in [5.74, 6) is -1.11. The van der Waals surface area contributed by atoms with E-state index in [1.165, 1.54) is 11.8 Å². The van der Waals surface area contributed by atoms with Crippen LogP contribution in [0.3, 0.4) is 0 Å². The predicted octanol–water partition coefficient (Wildman–Crippen LogP) is 9.07. The lowest BCUT2D eigenvalue weighted by Crippen LogP contribution is -2.30. The summed E-state index contributed by atoms with van der Waals surface area (Å²) >= 11 is 13.7. The Balaban J connectivity index is 1.37. The maximum Gasteiger partial charge on any atom is 0.272 e. The molecule has 6 nitrogen and oxygen atoms in total. The zero-order valence-corrected chi connectivity index (χ0v) is 26.5. The Morgan fingerprint density at radius 3 is 2.33 bits per heavy atom. The van der Waals surface area contributed by atoms with Crippen molar-refractivity contribution in [3.05, 3.63) is 142 Å². The van der Waals surface area contributed by atoms with Gasteiger partial charge in [0, 0.05) is 21.2 Å². The fourth-order valence-electron chi connectivity index (χ4n) is 4.61. The third-order valence-corrected chi connectivity index (χ3v) is 8.79. The van der Waals surface area contributed by atoms with Crippen LogP contribution in [0.2, 0.25) is 10.0 Å². The lowest BCUT2D eigenvalue weighted by atomic mass is 10.0. The molecule has 0 radical (unpaired) electrons. The minimum Gasteiger partial charge on any atom is -0.324 e. The van der Waals surface area contributed by atoms with E-state index in [9.17, 15) is 14.4 Å². The van der Waals surface area contributed by atoms with Gasteiger partial charge >= 0.3 is 0 Å². The van der Waals surface area contributed by atoms with E-state index in [-0.39, 0.29) is 11.6 Å². The molecule has 45 heavy (non-hydrogen) atoms. The average molecular weight is 655 g/mol. The number of benzene rings is 5. The third kappa shape index (κ3) is 8.34. The standard InChI is InChI=1S/C36H29Cl2N3O3S/c1-2-33(36(44)40-31-21-26(37)18-19-30(31)38)45-28-16-9-15-27(22-28)39-35(43)32(41-34(42)24-11-4-3-5-12-24)20-25-14-8-13-23-10-6-7-17-29(23)25/h3-22,33H,2H2,1H3,(H,39,43)(H,40,44)(H,41,42)/b32-20+. The maximum absolute atomic E-state index is 13.7. The van der Waals surface area contributed by atoms with Gasteiger partial charge in [0.1, 0.15) is 5.70 Å². The summed E-state index contributed by atoms with van der Waals surface area (Å²) < 4.78 is 0. The molecule has 0 aliphatic heterocycles. The van der Waals surface area contributed by atoms with Crippen molar-refractivity contribution in [3.63, 3.8) is 0 Å². The Morgan fingerprint density at radius 2 is 1.53 bits per heavy atom. The van der Waals surface area contributed by atoms with E-state index in [1.807, 2.05) is 61.5 Å². The molecule has 0 spiro atoms. The summed E-state index contributed by atoms with van der Waals surface area (Å²) in [5.41, 5.74) is 2.25. The Kier molecular flexibility index (Phi) is 10.6. The first-order valence-corrected chi connectivity index (χ1v) is 15.8. The zero-order valence-electron chi connectivity index (χ0n) is 24.2. The number of thioether (sulfide) groups is 1. The van der Waals surface area contributed by atoms with Crippen LogP contribution in [-0.2, 0) is 9.59 Å². The van der Waals surface area contributed by atoms with E-state index >= 15 is 0 Å². The first kappa shape index (κ1) is 31.9. The highest BCUT2D eigenvalue weighted by Gasteiger charge is 2.20. The number of rotatable bonds is 10. The highest BCUT2D eigenvalue weighted by atomic mass is 35.5. The van der Waals surface area contributed by atoms with Crippen molar-refractivity contribution in [2.24, 2.45) is 0 Å². The van der Waals surface area contributed by atoms with Crippen molar-refractivity contribution in [2.75, 3.05) is 10.6 Å². The molecule has 0 fully saturated rings. The second kappa shape index (κ2) is 14.9. The number of halogens is 2. The molecule has 5 aromatic rings. The number of carbonyl (C=O) groups is 3. The van der Waals surface area contributed by atoms with E-state index in [1.54, 1.807) is 66.7 Å².